The minimum Gasteiger partial charge on any atom is -0.478 e. The summed E-state index contributed by atoms with van der Waals surface area (Å²) < 4.78 is 0. The zero-order valence-corrected chi connectivity index (χ0v) is 12.2. The molecule has 0 amide bonds. The number of thiazole rings is 1. The van der Waals surface area contributed by atoms with Crippen molar-refractivity contribution in [3.8, 4) is 0 Å². The number of hydrogen-bond acceptors (Lipinski definition) is 3. The first-order valence-electron chi connectivity index (χ1n) is 6.91. The average molecular weight is 287 g/mol. The average Bonchev–Trinajstić information content (AvgIpc) is 2.80. The molecule has 20 heavy (non-hydrogen) atoms. The number of carboxylic acids is 1. The van der Waals surface area contributed by atoms with E-state index in [9.17, 15) is 4.79 Å². The van der Waals surface area contributed by atoms with Gasteiger partial charge < -0.3 is 5.11 Å². The summed E-state index contributed by atoms with van der Waals surface area (Å²) in [4.78, 5) is 17.1. The lowest BCUT2D eigenvalue weighted by Gasteiger charge is -2.15. The molecule has 0 radical (unpaired) electrons. The molecule has 3 nitrogen and oxygen atoms in total. The second-order valence-corrected chi connectivity index (χ2v) is 6.68. The lowest BCUT2D eigenvalue weighted by Crippen LogP contribution is -2.09. The molecule has 0 bridgehead atoms. The van der Waals surface area contributed by atoms with Crippen molar-refractivity contribution in [2.24, 2.45) is 5.92 Å². The van der Waals surface area contributed by atoms with Gasteiger partial charge in [0.15, 0.2) is 0 Å². The Morgan fingerprint density at radius 1 is 1.50 bits per heavy atom. The van der Waals surface area contributed by atoms with Gasteiger partial charge in [-0.3, -0.25) is 0 Å². The van der Waals surface area contributed by atoms with Crippen LogP contribution >= 0.6 is 11.3 Å². The molecule has 1 atom stereocenters. The molecule has 104 valence electrons. The molecule has 1 aromatic carbocycles. The fraction of sp³-hybridized carbons (Fsp3) is 0.375. The third-order valence-electron chi connectivity index (χ3n) is 3.76. The highest BCUT2D eigenvalue weighted by Crippen LogP contribution is 2.30. The van der Waals surface area contributed by atoms with E-state index in [-0.39, 0.29) is 0 Å². The number of aromatic nitrogens is 1. The number of aromatic carboxylic acids is 1. The van der Waals surface area contributed by atoms with Gasteiger partial charge in [0, 0.05) is 11.3 Å². The van der Waals surface area contributed by atoms with Gasteiger partial charge in [0.05, 0.1) is 16.3 Å². The number of carbonyl (C=O) groups is 1. The Bertz CT molecular complexity index is 648. The summed E-state index contributed by atoms with van der Waals surface area (Å²) in [5, 5.41) is 10.1. The largest absolute Gasteiger partial charge is 0.478 e. The summed E-state index contributed by atoms with van der Waals surface area (Å²) in [6, 6.07) is 7.13. The van der Waals surface area contributed by atoms with Crippen LogP contribution in [-0.4, -0.2) is 16.1 Å². The Balaban J connectivity index is 1.81. The van der Waals surface area contributed by atoms with E-state index in [0.29, 0.717) is 5.56 Å². The van der Waals surface area contributed by atoms with Gasteiger partial charge in [-0.15, -0.1) is 11.3 Å². The number of rotatable bonds is 3. The molecule has 0 spiro atoms. The Hall–Kier alpha value is -1.68. The lowest BCUT2D eigenvalue weighted by molar-refractivity contribution is 0.0697. The maximum Gasteiger partial charge on any atom is 0.335 e. The van der Waals surface area contributed by atoms with E-state index in [4.69, 9.17) is 10.1 Å². The van der Waals surface area contributed by atoms with E-state index in [2.05, 4.69) is 6.92 Å². The van der Waals surface area contributed by atoms with Gasteiger partial charge in [-0.05, 0) is 42.9 Å². The lowest BCUT2D eigenvalue weighted by atomic mass is 9.93. The monoisotopic (exact) mass is 287 g/mol. The molecule has 0 saturated heterocycles. The summed E-state index contributed by atoms with van der Waals surface area (Å²) in [5.74, 6) is -0.120. The Labute approximate surface area is 122 Å². The van der Waals surface area contributed by atoms with Crippen molar-refractivity contribution in [1.82, 2.24) is 4.98 Å². The number of nitrogens with zero attached hydrogens (tertiary/aromatic N) is 1. The van der Waals surface area contributed by atoms with Crippen LogP contribution in [0.4, 0.5) is 0 Å². The Morgan fingerprint density at radius 3 is 3.15 bits per heavy atom. The van der Waals surface area contributed by atoms with E-state index in [1.807, 2.05) is 6.07 Å². The Morgan fingerprint density at radius 2 is 2.35 bits per heavy atom. The van der Waals surface area contributed by atoms with Crippen LogP contribution < -0.4 is 0 Å². The topological polar surface area (TPSA) is 50.2 Å². The highest BCUT2D eigenvalue weighted by molar-refractivity contribution is 7.11. The van der Waals surface area contributed by atoms with Gasteiger partial charge in [-0.25, -0.2) is 9.78 Å². The molecule has 1 aliphatic carbocycles. The molecule has 1 heterocycles. The van der Waals surface area contributed by atoms with E-state index < -0.39 is 5.97 Å². The minimum absolute atomic E-state index is 0.345. The quantitative estimate of drug-likeness (QED) is 0.939. The molecule has 2 aromatic rings. The highest BCUT2D eigenvalue weighted by Gasteiger charge is 2.19. The second-order valence-electron chi connectivity index (χ2n) is 5.51. The van der Waals surface area contributed by atoms with Crippen molar-refractivity contribution in [2.75, 3.05) is 0 Å². The molecule has 3 rings (SSSR count). The fourth-order valence-electron chi connectivity index (χ4n) is 2.66. The van der Waals surface area contributed by atoms with Crippen LogP contribution in [0.2, 0.25) is 0 Å². The van der Waals surface area contributed by atoms with Gasteiger partial charge >= 0.3 is 5.97 Å². The van der Waals surface area contributed by atoms with Crippen molar-refractivity contribution < 1.29 is 9.90 Å². The smallest absolute Gasteiger partial charge is 0.335 e. The second kappa shape index (κ2) is 5.37. The number of benzene rings is 1. The zero-order valence-electron chi connectivity index (χ0n) is 11.4. The molecule has 1 N–H and O–H groups in total. The van der Waals surface area contributed by atoms with E-state index in [1.165, 1.54) is 17.0 Å². The summed E-state index contributed by atoms with van der Waals surface area (Å²) in [5.41, 5.74) is 2.62. The maximum absolute atomic E-state index is 11.0. The van der Waals surface area contributed by atoms with E-state index in [0.717, 1.165) is 35.8 Å². The molecule has 0 aliphatic heterocycles. The van der Waals surface area contributed by atoms with Crippen LogP contribution in [0, 0.1) is 5.92 Å². The first-order chi connectivity index (χ1) is 9.61. The molecule has 4 heteroatoms. The van der Waals surface area contributed by atoms with Gasteiger partial charge in [0.2, 0.25) is 0 Å². The standard InChI is InChI=1S/C16H17NO2S/c1-10-5-6-13-14(7-10)20-15(17-13)9-11-3-2-4-12(8-11)16(18)19/h2-4,8,10H,5-7,9H2,1H3,(H,18,19). The van der Waals surface area contributed by atoms with Crippen LogP contribution in [0.25, 0.3) is 0 Å². The number of hydrogen-bond donors (Lipinski definition) is 1. The van der Waals surface area contributed by atoms with Crippen molar-refractivity contribution in [1.29, 1.82) is 0 Å². The Kier molecular flexibility index (Phi) is 3.57. The predicted molar refractivity (Wildman–Crippen MR) is 79.5 cm³/mol. The van der Waals surface area contributed by atoms with Crippen molar-refractivity contribution in [3.63, 3.8) is 0 Å². The van der Waals surface area contributed by atoms with Gasteiger partial charge in [0.1, 0.15) is 0 Å². The molecule has 1 unspecified atom stereocenters. The summed E-state index contributed by atoms with van der Waals surface area (Å²) >= 11 is 1.79. The van der Waals surface area contributed by atoms with Crippen molar-refractivity contribution in [2.45, 2.75) is 32.6 Å². The summed E-state index contributed by atoms with van der Waals surface area (Å²) in [7, 11) is 0. The van der Waals surface area contributed by atoms with Crippen LogP contribution in [0.3, 0.4) is 0 Å². The molecular weight excluding hydrogens is 270 g/mol. The molecule has 1 aromatic heterocycles. The van der Waals surface area contributed by atoms with Crippen LogP contribution in [0.15, 0.2) is 24.3 Å². The summed E-state index contributed by atoms with van der Waals surface area (Å²) in [6.45, 7) is 2.29. The van der Waals surface area contributed by atoms with Crippen LogP contribution in [0.5, 0.6) is 0 Å². The van der Waals surface area contributed by atoms with Crippen molar-refractivity contribution >= 4 is 17.3 Å². The zero-order chi connectivity index (χ0) is 14.1. The highest BCUT2D eigenvalue weighted by atomic mass is 32.1. The number of carboxylic acid groups (broad SMARTS) is 1. The summed E-state index contributed by atoms with van der Waals surface area (Å²) in [6.07, 6.45) is 4.18. The van der Waals surface area contributed by atoms with E-state index >= 15 is 0 Å². The number of aryl methyl sites for hydroxylation is 1. The third-order valence-corrected chi connectivity index (χ3v) is 4.88. The molecule has 0 saturated carbocycles. The van der Waals surface area contributed by atoms with Crippen LogP contribution in [0.1, 0.15) is 44.8 Å². The van der Waals surface area contributed by atoms with Gasteiger partial charge in [-0.1, -0.05) is 19.1 Å². The number of fused-ring (bicyclic) bond motifs is 1. The SMILES string of the molecule is CC1CCc2nc(Cc3cccc(C(=O)O)c3)sc2C1. The molecule has 0 fully saturated rings. The molecular formula is C16H17NO2S. The van der Waals surface area contributed by atoms with Gasteiger partial charge in [-0.2, -0.15) is 0 Å². The normalized spacial score (nSPS) is 17.8. The predicted octanol–water partition coefficient (Wildman–Crippen LogP) is 3.56. The fourth-order valence-corrected chi connectivity index (χ4v) is 3.97. The first-order valence-corrected chi connectivity index (χ1v) is 7.73. The van der Waals surface area contributed by atoms with Crippen molar-refractivity contribution in [3.05, 3.63) is 51.0 Å². The first kappa shape index (κ1) is 13.3. The minimum atomic E-state index is -0.876. The third kappa shape index (κ3) is 2.75. The molecule has 1 aliphatic rings. The van der Waals surface area contributed by atoms with Crippen LogP contribution in [-0.2, 0) is 19.3 Å². The van der Waals surface area contributed by atoms with Gasteiger partial charge in [0.25, 0.3) is 0 Å². The van der Waals surface area contributed by atoms with E-state index in [1.54, 1.807) is 29.5 Å². The maximum atomic E-state index is 11.0.